The van der Waals surface area contributed by atoms with Gasteiger partial charge in [-0.25, -0.2) is 4.98 Å². The number of nitrogens with zero attached hydrogens (tertiary/aromatic N) is 1. The molecule has 4 aliphatic carbocycles. The Kier molecular flexibility index (Phi) is 4.45. The molecule has 4 fully saturated rings. The average Bonchev–Trinajstić information content (AvgIpc) is 3.40. The van der Waals surface area contributed by atoms with Crippen molar-refractivity contribution in [2.75, 3.05) is 12.1 Å². The van der Waals surface area contributed by atoms with Crippen LogP contribution in [0.15, 0.2) is 23.6 Å². The number of fused-ring (bicyclic) bond motifs is 1. The summed E-state index contributed by atoms with van der Waals surface area (Å²) in [5.74, 6) is 2.49. The summed E-state index contributed by atoms with van der Waals surface area (Å²) in [6.07, 6.45) is 7.84. The highest BCUT2D eigenvalue weighted by Gasteiger charge is 2.52. The molecule has 0 saturated heterocycles. The topological polar surface area (TPSA) is 89.5 Å². The summed E-state index contributed by atoms with van der Waals surface area (Å²) in [6.45, 7) is 0.436. The number of benzene rings is 1. The molecule has 2 aromatic rings. The van der Waals surface area contributed by atoms with Crippen molar-refractivity contribution in [3.8, 4) is 11.5 Å². The quantitative estimate of drug-likeness (QED) is 0.711. The van der Waals surface area contributed by atoms with Crippen molar-refractivity contribution >= 4 is 28.3 Å². The van der Waals surface area contributed by atoms with Crippen LogP contribution in [0.2, 0.25) is 0 Å². The fourth-order valence-electron chi connectivity index (χ4n) is 6.47. The first kappa shape index (κ1) is 19.1. The first-order valence-corrected chi connectivity index (χ1v) is 11.9. The Morgan fingerprint density at radius 3 is 2.48 bits per heavy atom. The maximum absolute atomic E-state index is 12.4. The number of carbonyl (C=O) groups excluding carboxylic acids is 2. The van der Waals surface area contributed by atoms with E-state index in [-0.39, 0.29) is 18.8 Å². The summed E-state index contributed by atoms with van der Waals surface area (Å²) < 4.78 is 10.6. The number of hydrogen-bond donors (Lipinski definition) is 2. The second-order valence-electron chi connectivity index (χ2n) is 9.56. The van der Waals surface area contributed by atoms with Gasteiger partial charge in [-0.3, -0.25) is 14.9 Å². The highest BCUT2D eigenvalue weighted by atomic mass is 32.1. The summed E-state index contributed by atoms with van der Waals surface area (Å²) in [5.41, 5.74) is 2.15. The van der Waals surface area contributed by atoms with Crippen molar-refractivity contribution in [1.29, 1.82) is 0 Å². The molecule has 31 heavy (non-hydrogen) atoms. The molecule has 7 nitrogen and oxygen atoms in total. The molecule has 2 heterocycles. The van der Waals surface area contributed by atoms with Crippen molar-refractivity contribution in [2.45, 2.75) is 50.5 Å². The lowest BCUT2D eigenvalue weighted by atomic mass is 9.49. The standard InChI is InChI=1S/C23H25N3O4S/c27-20(24-10-13-1-2-17-18(6-13)30-12-29-17)21(28)26-22-25-19(11-31-22)23-7-14-3-15(8-23)5-16(4-14)9-23/h1-2,6,11,14-16H,3-5,7-10,12H2,(H,24,27)(H,25,26,28). The van der Waals surface area contributed by atoms with Gasteiger partial charge in [-0.15, -0.1) is 11.3 Å². The number of thiazole rings is 1. The van der Waals surface area contributed by atoms with Crippen molar-refractivity contribution in [2.24, 2.45) is 17.8 Å². The van der Waals surface area contributed by atoms with Crippen LogP contribution in [0.25, 0.3) is 0 Å². The van der Waals surface area contributed by atoms with E-state index in [2.05, 4.69) is 16.0 Å². The normalized spacial score (nSPS) is 29.7. The Morgan fingerprint density at radius 2 is 1.74 bits per heavy atom. The van der Waals surface area contributed by atoms with Crippen LogP contribution in [0.3, 0.4) is 0 Å². The Bertz CT molecular complexity index is 1010. The number of nitrogens with one attached hydrogen (secondary N) is 2. The van der Waals surface area contributed by atoms with E-state index in [1.54, 1.807) is 12.1 Å². The van der Waals surface area contributed by atoms with Gasteiger partial charge in [0.05, 0.1) is 5.69 Å². The number of carbonyl (C=O) groups is 2. The molecule has 5 aliphatic rings. The van der Waals surface area contributed by atoms with Gasteiger partial charge in [0.1, 0.15) is 0 Å². The molecule has 1 aliphatic heterocycles. The van der Waals surface area contributed by atoms with Crippen LogP contribution >= 0.6 is 11.3 Å². The van der Waals surface area contributed by atoms with Crippen molar-refractivity contribution in [3.63, 3.8) is 0 Å². The molecule has 0 unspecified atom stereocenters. The minimum Gasteiger partial charge on any atom is -0.454 e. The maximum atomic E-state index is 12.4. The van der Waals surface area contributed by atoms with Gasteiger partial charge in [-0.2, -0.15) is 0 Å². The summed E-state index contributed by atoms with van der Waals surface area (Å²) in [4.78, 5) is 29.4. The molecule has 0 atom stereocenters. The van der Waals surface area contributed by atoms with Crippen LogP contribution < -0.4 is 20.1 Å². The lowest BCUT2D eigenvalue weighted by Crippen LogP contribution is -2.48. The molecule has 4 bridgehead atoms. The zero-order valence-electron chi connectivity index (χ0n) is 17.2. The monoisotopic (exact) mass is 439 g/mol. The Labute approximate surface area is 184 Å². The predicted octanol–water partition coefficient (Wildman–Crippen LogP) is 3.59. The van der Waals surface area contributed by atoms with Gasteiger partial charge in [0.2, 0.25) is 6.79 Å². The minimum absolute atomic E-state index is 0.190. The Hall–Kier alpha value is -2.61. The van der Waals surface area contributed by atoms with E-state index >= 15 is 0 Å². The van der Waals surface area contributed by atoms with Crippen LogP contribution in [-0.2, 0) is 21.5 Å². The lowest BCUT2D eigenvalue weighted by molar-refractivity contribution is -0.136. The number of aromatic nitrogens is 1. The third kappa shape index (κ3) is 3.46. The molecule has 1 aromatic heterocycles. The molecule has 8 heteroatoms. The SMILES string of the molecule is O=C(NCc1ccc2c(c1)OCO2)C(=O)Nc1nc(C23CC4CC(CC(C4)C2)C3)cs1. The number of amides is 2. The predicted molar refractivity (Wildman–Crippen MR) is 115 cm³/mol. The van der Waals surface area contributed by atoms with E-state index in [4.69, 9.17) is 14.5 Å². The molecule has 0 spiro atoms. The molecule has 0 radical (unpaired) electrons. The maximum Gasteiger partial charge on any atom is 0.315 e. The highest BCUT2D eigenvalue weighted by molar-refractivity contribution is 7.14. The van der Waals surface area contributed by atoms with E-state index in [1.165, 1.54) is 49.9 Å². The lowest BCUT2D eigenvalue weighted by Gasteiger charge is -2.56. The Morgan fingerprint density at radius 1 is 1.03 bits per heavy atom. The minimum atomic E-state index is -0.688. The van der Waals surface area contributed by atoms with Crippen LogP contribution in [0, 0.1) is 17.8 Å². The molecule has 162 valence electrons. The number of anilines is 1. The van der Waals surface area contributed by atoms with Gasteiger partial charge < -0.3 is 14.8 Å². The zero-order chi connectivity index (χ0) is 21.0. The summed E-state index contributed by atoms with van der Waals surface area (Å²) >= 11 is 1.42. The van der Waals surface area contributed by atoms with Crippen molar-refractivity contribution in [1.82, 2.24) is 10.3 Å². The molecule has 1 aromatic carbocycles. The molecule has 2 amide bonds. The summed E-state index contributed by atoms with van der Waals surface area (Å²) in [6, 6.07) is 5.44. The van der Waals surface area contributed by atoms with E-state index in [0.717, 1.165) is 29.0 Å². The van der Waals surface area contributed by atoms with Gasteiger partial charge in [-0.05, 0) is 74.0 Å². The second-order valence-corrected chi connectivity index (χ2v) is 10.4. The van der Waals surface area contributed by atoms with Gasteiger partial charge in [-0.1, -0.05) is 6.07 Å². The number of rotatable bonds is 4. The molecular weight excluding hydrogens is 414 g/mol. The van der Waals surface area contributed by atoms with E-state index in [1.807, 2.05) is 6.07 Å². The van der Waals surface area contributed by atoms with Crippen molar-refractivity contribution in [3.05, 3.63) is 34.8 Å². The van der Waals surface area contributed by atoms with Crippen LogP contribution in [0.5, 0.6) is 11.5 Å². The van der Waals surface area contributed by atoms with E-state index in [0.29, 0.717) is 16.6 Å². The first-order valence-electron chi connectivity index (χ1n) is 11.0. The van der Waals surface area contributed by atoms with Gasteiger partial charge in [0, 0.05) is 17.3 Å². The van der Waals surface area contributed by atoms with E-state index in [9.17, 15) is 9.59 Å². The number of hydrogen-bond acceptors (Lipinski definition) is 6. The fourth-order valence-corrected chi connectivity index (χ4v) is 7.30. The third-order valence-electron chi connectivity index (χ3n) is 7.40. The summed E-state index contributed by atoms with van der Waals surface area (Å²) in [5, 5.41) is 7.94. The molecule has 4 saturated carbocycles. The smallest absolute Gasteiger partial charge is 0.315 e. The van der Waals surface area contributed by atoms with Crippen LogP contribution in [-0.4, -0.2) is 23.6 Å². The van der Waals surface area contributed by atoms with E-state index < -0.39 is 11.8 Å². The molecular formula is C23H25N3O4S. The largest absolute Gasteiger partial charge is 0.454 e. The second kappa shape index (κ2) is 7.22. The van der Waals surface area contributed by atoms with Gasteiger partial charge in [0.15, 0.2) is 16.6 Å². The highest BCUT2D eigenvalue weighted by Crippen LogP contribution is 2.60. The number of ether oxygens (including phenoxy) is 2. The van der Waals surface area contributed by atoms with Crippen LogP contribution in [0.1, 0.15) is 49.8 Å². The summed E-state index contributed by atoms with van der Waals surface area (Å²) in [7, 11) is 0. The third-order valence-corrected chi connectivity index (χ3v) is 8.16. The fraction of sp³-hybridized carbons (Fsp3) is 0.522. The first-order chi connectivity index (χ1) is 15.1. The molecule has 2 N–H and O–H groups in total. The average molecular weight is 440 g/mol. The Balaban J connectivity index is 1.08. The molecule has 7 rings (SSSR count). The van der Waals surface area contributed by atoms with Gasteiger partial charge >= 0.3 is 11.8 Å². The van der Waals surface area contributed by atoms with Gasteiger partial charge in [0.25, 0.3) is 0 Å². The van der Waals surface area contributed by atoms with Crippen LogP contribution in [0.4, 0.5) is 5.13 Å². The zero-order valence-corrected chi connectivity index (χ0v) is 18.0. The van der Waals surface area contributed by atoms with Crippen molar-refractivity contribution < 1.29 is 19.1 Å².